The molecular weight excluding hydrogens is 338 g/mol. The Hall–Kier alpha value is -2.64. The van der Waals surface area contributed by atoms with Crippen LogP contribution in [0.5, 0.6) is 0 Å². The van der Waals surface area contributed by atoms with Gasteiger partial charge in [0, 0.05) is 5.75 Å². The van der Waals surface area contributed by atoms with Crippen molar-refractivity contribution in [1.82, 2.24) is 19.6 Å². The van der Waals surface area contributed by atoms with E-state index >= 15 is 0 Å². The molecule has 3 aromatic rings. The molecule has 0 aliphatic rings. The van der Waals surface area contributed by atoms with Crippen molar-refractivity contribution in [2.45, 2.75) is 10.9 Å². The van der Waals surface area contributed by atoms with Gasteiger partial charge in [-0.3, -0.25) is 4.98 Å². The first-order valence-corrected chi connectivity index (χ1v) is 8.15. The fourth-order valence-electron chi connectivity index (χ4n) is 1.82. The highest BCUT2D eigenvalue weighted by atomic mass is 32.2. The summed E-state index contributed by atoms with van der Waals surface area (Å²) in [7, 11) is 1.33. The Balaban J connectivity index is 1.82. The molecule has 0 aliphatic carbocycles. The van der Waals surface area contributed by atoms with E-state index in [-0.39, 0.29) is 17.2 Å². The third kappa shape index (κ3) is 2.96. The maximum atomic E-state index is 11.9. The first kappa shape index (κ1) is 15.3. The Morgan fingerprint density at radius 1 is 1.61 bits per heavy atom. The molecule has 0 radical (unpaired) electrons. The van der Waals surface area contributed by atoms with E-state index in [1.807, 2.05) is 11.4 Å². The summed E-state index contributed by atoms with van der Waals surface area (Å²) in [5, 5.41) is 15.0. The molecule has 3 rings (SSSR count). The van der Waals surface area contributed by atoms with Crippen LogP contribution in [0.3, 0.4) is 0 Å². The molecule has 0 saturated carbocycles. The summed E-state index contributed by atoms with van der Waals surface area (Å²) in [4.78, 5) is 30.7. The predicted molar refractivity (Wildman–Crippen MR) is 83.5 cm³/mol. The minimum Gasteiger partial charge on any atom is -0.465 e. The Bertz CT molecular complexity index is 982. The molecule has 23 heavy (non-hydrogen) atoms. The zero-order valence-electron chi connectivity index (χ0n) is 11.8. The van der Waals surface area contributed by atoms with E-state index in [2.05, 4.69) is 19.8 Å². The number of fused-ring (bicyclic) bond motifs is 1. The quantitative estimate of drug-likeness (QED) is 0.561. The van der Waals surface area contributed by atoms with E-state index in [9.17, 15) is 9.59 Å². The fraction of sp³-hybridized carbons (Fsp3) is 0.154. The number of carbonyl (C=O) groups is 1. The summed E-state index contributed by atoms with van der Waals surface area (Å²) in [6.07, 6.45) is 1.30. The van der Waals surface area contributed by atoms with Gasteiger partial charge in [-0.2, -0.15) is 14.9 Å². The molecule has 0 unspecified atom stereocenters. The number of thioether (sulfide) groups is 1. The van der Waals surface area contributed by atoms with Gasteiger partial charge in [-0.15, -0.1) is 11.3 Å². The lowest BCUT2D eigenvalue weighted by Gasteiger charge is -2.00. The number of aromatic nitrogens is 4. The van der Waals surface area contributed by atoms with Gasteiger partial charge in [0.15, 0.2) is 10.8 Å². The summed E-state index contributed by atoms with van der Waals surface area (Å²) < 4.78 is 5.70. The summed E-state index contributed by atoms with van der Waals surface area (Å²) >= 11 is 2.59. The SMILES string of the molecule is COC(=O)c1cc(CSc2nc3c(C#N)cnn3c(=O)[nH]2)cs1. The number of hydrogen-bond donors (Lipinski definition) is 1. The number of methoxy groups -OCH3 is 1. The topological polar surface area (TPSA) is 113 Å². The lowest BCUT2D eigenvalue weighted by molar-refractivity contribution is 0.0606. The Morgan fingerprint density at radius 2 is 2.43 bits per heavy atom. The van der Waals surface area contributed by atoms with Crippen molar-refractivity contribution in [1.29, 1.82) is 5.26 Å². The highest BCUT2D eigenvalue weighted by molar-refractivity contribution is 7.98. The zero-order chi connectivity index (χ0) is 16.4. The smallest absolute Gasteiger partial charge is 0.350 e. The van der Waals surface area contributed by atoms with Crippen LogP contribution in [0.1, 0.15) is 20.8 Å². The monoisotopic (exact) mass is 347 g/mol. The van der Waals surface area contributed by atoms with Crippen molar-refractivity contribution in [3.05, 3.63) is 44.1 Å². The standard InChI is InChI=1S/C13H9N5O3S2/c1-21-11(19)9-2-7(5-22-9)6-23-12-16-10-8(3-14)4-15-18(10)13(20)17-12/h2,4-5H,6H2,1H3,(H,16,17,20). The van der Waals surface area contributed by atoms with Gasteiger partial charge in [0.25, 0.3) is 0 Å². The maximum absolute atomic E-state index is 11.9. The molecule has 0 aliphatic heterocycles. The number of ether oxygens (including phenoxy) is 1. The van der Waals surface area contributed by atoms with Crippen LogP contribution < -0.4 is 5.69 Å². The number of thiophene rings is 1. The second-order valence-corrected chi connectivity index (χ2v) is 6.23. The molecule has 0 aromatic carbocycles. The van der Waals surface area contributed by atoms with Crippen molar-refractivity contribution < 1.29 is 9.53 Å². The summed E-state index contributed by atoms with van der Waals surface area (Å²) in [6, 6.07) is 3.68. The molecule has 0 saturated heterocycles. The van der Waals surface area contributed by atoms with E-state index in [4.69, 9.17) is 5.26 Å². The zero-order valence-corrected chi connectivity index (χ0v) is 13.4. The van der Waals surface area contributed by atoms with Crippen LogP contribution >= 0.6 is 23.1 Å². The van der Waals surface area contributed by atoms with Gasteiger partial charge in [-0.1, -0.05) is 11.8 Å². The van der Waals surface area contributed by atoms with Gasteiger partial charge in [0.1, 0.15) is 16.5 Å². The van der Waals surface area contributed by atoms with Crippen molar-refractivity contribution in [2.75, 3.05) is 7.11 Å². The molecule has 10 heteroatoms. The number of nitrogens with zero attached hydrogens (tertiary/aromatic N) is 4. The number of nitrogens with one attached hydrogen (secondary N) is 1. The Kier molecular flexibility index (Phi) is 4.14. The minimum atomic E-state index is -0.459. The van der Waals surface area contributed by atoms with Crippen molar-refractivity contribution in [2.24, 2.45) is 0 Å². The maximum Gasteiger partial charge on any atom is 0.350 e. The van der Waals surface area contributed by atoms with Crippen LogP contribution in [0, 0.1) is 11.3 Å². The van der Waals surface area contributed by atoms with Crippen molar-refractivity contribution in [3.8, 4) is 6.07 Å². The molecule has 3 heterocycles. The number of carbonyl (C=O) groups excluding carboxylic acids is 1. The number of esters is 1. The predicted octanol–water partition coefficient (Wildman–Crippen LogP) is 1.43. The van der Waals surface area contributed by atoms with E-state index < -0.39 is 5.69 Å². The number of hydrogen-bond acceptors (Lipinski definition) is 8. The Labute approximate surface area is 137 Å². The lowest BCUT2D eigenvalue weighted by atomic mass is 10.3. The molecule has 116 valence electrons. The second kappa shape index (κ2) is 6.23. The summed E-state index contributed by atoms with van der Waals surface area (Å²) in [5.41, 5.74) is 0.914. The van der Waals surface area contributed by atoms with Gasteiger partial charge in [0.2, 0.25) is 0 Å². The second-order valence-electron chi connectivity index (χ2n) is 4.35. The summed E-state index contributed by atoms with van der Waals surface area (Å²) in [5.74, 6) is 0.139. The number of nitriles is 1. The van der Waals surface area contributed by atoms with Gasteiger partial charge in [-0.05, 0) is 17.0 Å². The van der Waals surface area contributed by atoms with E-state index in [0.717, 1.165) is 10.1 Å². The van der Waals surface area contributed by atoms with Crippen LogP contribution in [0.15, 0.2) is 27.6 Å². The number of rotatable bonds is 4. The molecule has 0 atom stereocenters. The largest absolute Gasteiger partial charge is 0.465 e. The van der Waals surface area contributed by atoms with Gasteiger partial charge < -0.3 is 4.74 Å². The third-order valence-electron chi connectivity index (χ3n) is 2.89. The first-order valence-electron chi connectivity index (χ1n) is 6.29. The number of H-pyrrole nitrogens is 1. The van der Waals surface area contributed by atoms with Gasteiger partial charge >= 0.3 is 11.7 Å². The highest BCUT2D eigenvalue weighted by Gasteiger charge is 2.12. The van der Waals surface area contributed by atoms with Crippen molar-refractivity contribution >= 4 is 34.7 Å². The minimum absolute atomic E-state index is 0.222. The van der Waals surface area contributed by atoms with Gasteiger partial charge in [-0.25, -0.2) is 14.6 Å². The lowest BCUT2D eigenvalue weighted by Crippen LogP contribution is -2.19. The third-order valence-corrected chi connectivity index (χ3v) is 4.80. The average Bonchev–Trinajstić information content (AvgIpc) is 3.19. The van der Waals surface area contributed by atoms with Crippen molar-refractivity contribution in [3.63, 3.8) is 0 Å². The fourth-order valence-corrected chi connectivity index (χ4v) is 3.54. The van der Waals surface area contributed by atoms with Crippen LogP contribution in [0.4, 0.5) is 0 Å². The average molecular weight is 347 g/mol. The number of aromatic amines is 1. The summed E-state index contributed by atoms with van der Waals surface area (Å²) in [6.45, 7) is 0. The van der Waals surface area contributed by atoms with Crippen LogP contribution in [-0.2, 0) is 10.5 Å². The normalized spacial score (nSPS) is 10.6. The van der Waals surface area contributed by atoms with E-state index in [1.165, 1.54) is 36.4 Å². The molecular formula is C13H9N5O3S2. The molecule has 0 fully saturated rings. The van der Waals surface area contributed by atoms with E-state index in [1.54, 1.807) is 6.07 Å². The first-order chi connectivity index (χ1) is 11.1. The van der Waals surface area contributed by atoms with E-state index in [0.29, 0.717) is 15.8 Å². The highest BCUT2D eigenvalue weighted by Crippen LogP contribution is 2.23. The molecule has 3 aromatic heterocycles. The van der Waals surface area contributed by atoms with Crippen LogP contribution in [-0.4, -0.2) is 32.7 Å². The van der Waals surface area contributed by atoms with Gasteiger partial charge in [0.05, 0.1) is 13.3 Å². The molecule has 0 spiro atoms. The molecule has 1 N–H and O–H groups in total. The Morgan fingerprint density at radius 3 is 3.17 bits per heavy atom. The molecule has 0 amide bonds. The van der Waals surface area contributed by atoms with Crippen LogP contribution in [0.2, 0.25) is 0 Å². The molecule has 0 bridgehead atoms. The molecule has 8 nitrogen and oxygen atoms in total. The van der Waals surface area contributed by atoms with Crippen LogP contribution in [0.25, 0.3) is 5.65 Å².